The number of amides is 2. The van der Waals surface area contributed by atoms with Gasteiger partial charge in [0.15, 0.2) is 11.2 Å². The number of anilines is 1. The number of imidazole rings is 1. The summed E-state index contributed by atoms with van der Waals surface area (Å²) < 4.78 is 17.6. The molecule has 2 aliphatic heterocycles. The Morgan fingerprint density at radius 2 is 1.63 bits per heavy atom. The molecule has 2 aliphatic rings. The lowest BCUT2D eigenvalue weighted by Gasteiger charge is -2.16. The number of hydrogen-bond acceptors (Lipinski definition) is 11. The van der Waals surface area contributed by atoms with Crippen molar-refractivity contribution in [2.24, 2.45) is 0 Å². The van der Waals surface area contributed by atoms with Crippen LogP contribution in [0.4, 0.5) is 10.7 Å². The molecule has 2 saturated heterocycles. The van der Waals surface area contributed by atoms with E-state index in [-0.39, 0.29) is 61.5 Å². The maximum absolute atomic E-state index is 12.0. The molecule has 5 N–H and O–H groups in total. The van der Waals surface area contributed by atoms with E-state index in [1.807, 2.05) is 11.8 Å². The van der Waals surface area contributed by atoms with Crippen molar-refractivity contribution in [3.05, 3.63) is 16.7 Å². The smallest absolute Gasteiger partial charge is 0.315 e. The summed E-state index contributed by atoms with van der Waals surface area (Å²) in [5.74, 6) is 0.587. The number of ether oxygens (including phenoxy) is 3. The summed E-state index contributed by atoms with van der Waals surface area (Å²) in [6, 6.07) is 0.396. The van der Waals surface area contributed by atoms with Gasteiger partial charge in [0.1, 0.15) is 13.3 Å². The first kappa shape index (κ1) is 32.6. The lowest BCUT2D eigenvalue weighted by atomic mass is 10.0. The summed E-state index contributed by atoms with van der Waals surface area (Å²) in [7, 11) is 0. The van der Waals surface area contributed by atoms with Crippen LogP contribution in [-0.2, 0) is 30.5 Å². The van der Waals surface area contributed by atoms with Gasteiger partial charge in [-0.15, -0.1) is 0 Å². The molecule has 0 bridgehead atoms. The van der Waals surface area contributed by atoms with Crippen LogP contribution in [0.25, 0.3) is 11.2 Å². The fourth-order valence-electron chi connectivity index (χ4n) is 5.29. The summed E-state index contributed by atoms with van der Waals surface area (Å²) in [6.07, 6.45) is 11.9. The SMILES string of the molecule is Nc1nc2c(ncn2COCCOC(=O)CCCCCCCCCOC(=O)CCCC[C@@H]2SC[C@@H]3NC(=O)N[C@@H]32)c(=O)[nH]1. The third-order valence-electron chi connectivity index (χ3n) is 7.56. The Morgan fingerprint density at radius 1 is 0.930 bits per heavy atom. The zero-order valence-electron chi connectivity index (χ0n) is 24.5. The first-order chi connectivity index (χ1) is 20.9. The molecule has 2 amide bonds. The molecule has 2 aromatic rings. The van der Waals surface area contributed by atoms with E-state index >= 15 is 0 Å². The molecule has 2 aromatic heterocycles. The molecule has 14 nitrogen and oxygen atoms in total. The zero-order chi connectivity index (χ0) is 30.4. The molecule has 2 fully saturated rings. The topological polar surface area (TPSA) is 193 Å². The summed E-state index contributed by atoms with van der Waals surface area (Å²) in [5, 5.41) is 6.38. The van der Waals surface area contributed by atoms with Gasteiger partial charge in [-0.25, -0.2) is 9.78 Å². The van der Waals surface area contributed by atoms with Crippen LogP contribution in [0.1, 0.15) is 77.0 Å². The minimum atomic E-state index is -0.413. The monoisotopic (exact) mass is 621 g/mol. The Balaban J connectivity index is 0.893. The highest BCUT2D eigenvalue weighted by molar-refractivity contribution is 8.00. The van der Waals surface area contributed by atoms with E-state index in [1.54, 1.807) is 4.57 Å². The van der Waals surface area contributed by atoms with Gasteiger partial charge in [-0.1, -0.05) is 38.5 Å². The fourth-order valence-corrected chi connectivity index (χ4v) is 6.83. The highest BCUT2D eigenvalue weighted by atomic mass is 32.2. The van der Waals surface area contributed by atoms with Gasteiger partial charge >= 0.3 is 18.0 Å². The number of H-pyrrole nitrogens is 1. The van der Waals surface area contributed by atoms with Gasteiger partial charge in [0.25, 0.3) is 5.56 Å². The number of nitrogen functional groups attached to an aromatic ring is 1. The minimum absolute atomic E-state index is 0.00218. The van der Waals surface area contributed by atoms with Gasteiger partial charge in [-0.3, -0.25) is 23.9 Å². The van der Waals surface area contributed by atoms with Crippen molar-refractivity contribution >= 4 is 46.8 Å². The van der Waals surface area contributed by atoms with Crippen LogP contribution in [0.15, 0.2) is 11.1 Å². The van der Waals surface area contributed by atoms with Crippen LogP contribution in [0.3, 0.4) is 0 Å². The quantitative estimate of drug-likeness (QED) is 0.0965. The van der Waals surface area contributed by atoms with Crippen molar-refractivity contribution in [1.82, 2.24) is 30.2 Å². The largest absolute Gasteiger partial charge is 0.466 e. The van der Waals surface area contributed by atoms with E-state index < -0.39 is 5.56 Å². The number of urea groups is 1. The van der Waals surface area contributed by atoms with Gasteiger partial charge in [0.05, 0.1) is 31.6 Å². The molecule has 3 atom stereocenters. The number of carbonyl (C=O) groups excluding carboxylic acids is 3. The van der Waals surface area contributed by atoms with E-state index in [9.17, 15) is 19.2 Å². The number of esters is 2. The van der Waals surface area contributed by atoms with Gasteiger partial charge in [0, 0.05) is 23.8 Å². The first-order valence-corrected chi connectivity index (χ1v) is 16.2. The van der Waals surface area contributed by atoms with Gasteiger partial charge < -0.3 is 30.6 Å². The Bertz CT molecular complexity index is 1270. The highest BCUT2D eigenvalue weighted by Crippen LogP contribution is 2.33. The van der Waals surface area contributed by atoms with Gasteiger partial charge in [-0.05, 0) is 25.7 Å². The number of nitrogens with two attached hydrogens (primary N) is 1. The standard InChI is InChI=1S/C28H43N7O7S/c29-27-33-25-24(26(38)34-27)30-17-35(25)18-40-14-15-42-22(37)11-6-4-2-1-3-5-9-13-41-21(36)12-8-7-10-20-23-19(16-43-20)31-28(39)32-23/h17,19-20,23H,1-16,18H2,(H2,31,32,39)(H3,29,33,34,38)/t19-,20-,23-/m0/s1. The third kappa shape index (κ3) is 10.4. The molecular weight excluding hydrogens is 578 g/mol. The second-order valence-electron chi connectivity index (χ2n) is 10.9. The molecule has 43 heavy (non-hydrogen) atoms. The van der Waals surface area contributed by atoms with Gasteiger partial charge in [-0.2, -0.15) is 16.7 Å². The lowest BCUT2D eigenvalue weighted by Crippen LogP contribution is -2.36. The maximum atomic E-state index is 12.0. The van der Waals surface area contributed by atoms with Crippen LogP contribution in [-0.4, -0.2) is 80.4 Å². The minimum Gasteiger partial charge on any atom is -0.466 e. The average molecular weight is 622 g/mol. The summed E-state index contributed by atoms with van der Waals surface area (Å²) >= 11 is 1.90. The van der Waals surface area contributed by atoms with E-state index in [2.05, 4.69) is 25.6 Å². The van der Waals surface area contributed by atoms with Gasteiger partial charge in [0.2, 0.25) is 5.95 Å². The predicted molar refractivity (Wildman–Crippen MR) is 161 cm³/mol. The number of thioether (sulfide) groups is 1. The van der Waals surface area contributed by atoms with Crippen LogP contribution < -0.4 is 21.9 Å². The Morgan fingerprint density at radius 3 is 2.42 bits per heavy atom. The molecule has 0 unspecified atom stereocenters. The zero-order valence-corrected chi connectivity index (χ0v) is 25.3. The van der Waals surface area contributed by atoms with Crippen molar-refractivity contribution in [1.29, 1.82) is 0 Å². The number of unbranched alkanes of at least 4 members (excludes halogenated alkanes) is 7. The Kier molecular flexibility index (Phi) is 12.9. The normalized spacial score (nSPS) is 19.3. The van der Waals surface area contributed by atoms with E-state index in [1.165, 1.54) is 6.33 Å². The second kappa shape index (κ2) is 17.1. The number of nitrogens with zero attached hydrogens (tertiary/aromatic N) is 3. The van der Waals surface area contributed by atoms with E-state index in [4.69, 9.17) is 19.9 Å². The van der Waals surface area contributed by atoms with E-state index in [0.717, 1.165) is 70.0 Å². The van der Waals surface area contributed by atoms with Crippen LogP contribution in [0, 0.1) is 0 Å². The second-order valence-corrected chi connectivity index (χ2v) is 12.2. The molecule has 0 spiro atoms. The van der Waals surface area contributed by atoms with Crippen molar-refractivity contribution in [2.75, 3.05) is 31.3 Å². The molecule has 0 aromatic carbocycles. The van der Waals surface area contributed by atoms with Crippen molar-refractivity contribution in [3.63, 3.8) is 0 Å². The maximum Gasteiger partial charge on any atom is 0.315 e. The number of fused-ring (bicyclic) bond motifs is 2. The average Bonchev–Trinajstić information content (AvgIpc) is 3.66. The van der Waals surface area contributed by atoms with Crippen molar-refractivity contribution < 1.29 is 28.6 Å². The molecule has 0 aliphatic carbocycles. The third-order valence-corrected chi connectivity index (χ3v) is 9.07. The Hall–Kier alpha value is -3.33. The fraction of sp³-hybridized carbons (Fsp3) is 0.714. The molecule has 0 saturated carbocycles. The highest BCUT2D eigenvalue weighted by Gasteiger charge is 2.42. The van der Waals surface area contributed by atoms with Crippen molar-refractivity contribution in [3.8, 4) is 0 Å². The first-order valence-electron chi connectivity index (χ1n) is 15.2. The Labute approximate surface area is 254 Å². The summed E-state index contributed by atoms with van der Waals surface area (Å²) in [6.45, 7) is 0.929. The van der Waals surface area contributed by atoms with Crippen molar-refractivity contribution in [2.45, 2.75) is 101 Å². The molecule has 15 heteroatoms. The molecule has 4 rings (SSSR count). The van der Waals surface area contributed by atoms with Crippen LogP contribution in [0.2, 0.25) is 0 Å². The number of aromatic amines is 1. The summed E-state index contributed by atoms with van der Waals surface area (Å²) in [5.41, 5.74) is 5.67. The molecular formula is C28H43N7O7S. The van der Waals surface area contributed by atoms with E-state index in [0.29, 0.717) is 30.3 Å². The number of aromatic nitrogens is 4. The summed E-state index contributed by atoms with van der Waals surface area (Å²) in [4.78, 5) is 57.6. The van der Waals surface area contributed by atoms with Crippen LogP contribution >= 0.6 is 11.8 Å². The number of nitrogens with one attached hydrogen (secondary N) is 3. The molecule has 0 radical (unpaired) electrons. The number of hydrogen-bond donors (Lipinski definition) is 4. The number of carbonyl (C=O) groups is 3. The predicted octanol–water partition coefficient (Wildman–Crippen LogP) is 2.61. The number of rotatable bonds is 20. The molecule has 4 heterocycles. The molecule has 238 valence electrons. The lowest BCUT2D eigenvalue weighted by molar-refractivity contribution is -0.146. The van der Waals surface area contributed by atoms with Crippen LogP contribution in [0.5, 0.6) is 0 Å².